The van der Waals surface area contributed by atoms with E-state index in [1.165, 1.54) is 12.1 Å². The molecule has 6 N–H and O–H groups in total. The Morgan fingerprint density at radius 3 is 1.28 bits per heavy atom. The molecular formula is C24H32N2O6. The molecule has 0 radical (unpaired) electrons. The van der Waals surface area contributed by atoms with Gasteiger partial charge in [-0.25, -0.2) is 0 Å². The lowest BCUT2D eigenvalue weighted by Gasteiger charge is -2.46. The van der Waals surface area contributed by atoms with E-state index in [0.717, 1.165) is 11.1 Å². The van der Waals surface area contributed by atoms with Crippen LogP contribution in [-0.2, 0) is 9.59 Å². The van der Waals surface area contributed by atoms with E-state index in [2.05, 4.69) is 10.6 Å². The summed E-state index contributed by atoms with van der Waals surface area (Å²) in [7, 11) is 0. The molecule has 0 aliphatic rings. The van der Waals surface area contributed by atoms with Crippen molar-refractivity contribution < 1.29 is 30.0 Å². The van der Waals surface area contributed by atoms with Gasteiger partial charge in [0.15, 0.2) is 0 Å². The van der Waals surface area contributed by atoms with Crippen LogP contribution in [0, 0.1) is 13.8 Å². The first-order valence-electron chi connectivity index (χ1n) is 10.3. The van der Waals surface area contributed by atoms with Crippen molar-refractivity contribution in [3.63, 3.8) is 0 Å². The number of hydrogen-bond donors (Lipinski definition) is 6. The molecule has 2 unspecified atom stereocenters. The van der Waals surface area contributed by atoms with Crippen molar-refractivity contribution >= 4 is 11.9 Å². The van der Waals surface area contributed by atoms with Gasteiger partial charge >= 0.3 is 11.9 Å². The molecule has 0 saturated carbocycles. The fourth-order valence-corrected chi connectivity index (χ4v) is 3.42. The molecule has 0 saturated heterocycles. The van der Waals surface area contributed by atoms with E-state index in [9.17, 15) is 30.0 Å². The van der Waals surface area contributed by atoms with Gasteiger partial charge in [0, 0.05) is 22.2 Å². The van der Waals surface area contributed by atoms with Gasteiger partial charge in [0.05, 0.1) is 0 Å². The van der Waals surface area contributed by atoms with Crippen LogP contribution in [0.2, 0.25) is 0 Å². The lowest BCUT2D eigenvalue weighted by Crippen LogP contribution is -2.65. The van der Waals surface area contributed by atoms with Gasteiger partial charge in [-0.2, -0.15) is 0 Å². The molecule has 2 aromatic rings. The largest absolute Gasteiger partial charge is 0.508 e. The Morgan fingerprint density at radius 1 is 0.719 bits per heavy atom. The third-order valence-corrected chi connectivity index (χ3v) is 6.06. The summed E-state index contributed by atoms with van der Waals surface area (Å²) in [5, 5.41) is 46.4. The SMILES string of the molecule is Cc1ccc(C(NC(C)(C)C(C)(C)NC(C(=O)O)c2ccc(C)cc2O)C(=O)O)c(O)c1. The Labute approximate surface area is 187 Å². The molecule has 0 aliphatic heterocycles. The van der Waals surface area contributed by atoms with Crippen LogP contribution in [0.15, 0.2) is 36.4 Å². The van der Waals surface area contributed by atoms with Crippen LogP contribution < -0.4 is 10.6 Å². The Hall–Kier alpha value is -3.10. The summed E-state index contributed by atoms with van der Waals surface area (Å²) in [4.78, 5) is 24.1. The van der Waals surface area contributed by atoms with E-state index in [-0.39, 0.29) is 22.6 Å². The van der Waals surface area contributed by atoms with Gasteiger partial charge in [-0.1, -0.05) is 24.3 Å². The minimum absolute atomic E-state index is 0.139. The summed E-state index contributed by atoms with van der Waals surface area (Å²) in [6.07, 6.45) is 0. The highest BCUT2D eigenvalue weighted by atomic mass is 16.4. The van der Waals surface area contributed by atoms with Gasteiger partial charge in [-0.15, -0.1) is 0 Å². The van der Waals surface area contributed by atoms with Crippen molar-refractivity contribution in [3.8, 4) is 11.5 Å². The standard InChI is InChI=1S/C24H32N2O6/c1-13-7-9-15(17(27)11-13)19(21(29)30)25-23(3,4)24(5,6)26-20(22(31)32)16-10-8-14(2)12-18(16)28/h7-12,19-20,25-28H,1-6H3,(H,29,30)(H,31,32). The zero-order chi connectivity index (χ0) is 24.4. The predicted molar refractivity (Wildman–Crippen MR) is 121 cm³/mol. The lowest BCUT2D eigenvalue weighted by atomic mass is 9.80. The minimum Gasteiger partial charge on any atom is -0.508 e. The lowest BCUT2D eigenvalue weighted by molar-refractivity contribution is -0.142. The first-order valence-corrected chi connectivity index (χ1v) is 10.3. The maximum atomic E-state index is 12.0. The molecule has 8 nitrogen and oxygen atoms in total. The molecule has 0 aromatic heterocycles. The highest BCUT2D eigenvalue weighted by molar-refractivity contribution is 5.77. The molecule has 8 heteroatoms. The van der Waals surface area contributed by atoms with Crippen molar-refractivity contribution in [1.29, 1.82) is 0 Å². The van der Waals surface area contributed by atoms with E-state index in [0.29, 0.717) is 0 Å². The molecule has 0 amide bonds. The van der Waals surface area contributed by atoms with Crippen LogP contribution >= 0.6 is 0 Å². The molecule has 174 valence electrons. The Bertz CT molecular complexity index is 934. The van der Waals surface area contributed by atoms with Gasteiger partial charge in [0.25, 0.3) is 0 Å². The van der Waals surface area contributed by atoms with Gasteiger partial charge < -0.3 is 20.4 Å². The number of phenols is 2. The number of nitrogens with one attached hydrogen (secondary N) is 2. The number of rotatable bonds is 9. The quantitative estimate of drug-likeness (QED) is 0.346. The number of aryl methyl sites for hydroxylation is 2. The fourth-order valence-electron chi connectivity index (χ4n) is 3.42. The van der Waals surface area contributed by atoms with E-state index in [4.69, 9.17) is 0 Å². The molecular weight excluding hydrogens is 412 g/mol. The first kappa shape index (κ1) is 25.2. The molecule has 0 fully saturated rings. The van der Waals surface area contributed by atoms with Crippen molar-refractivity contribution in [2.45, 2.75) is 64.7 Å². The number of carboxylic acids is 2. The average Bonchev–Trinajstić information content (AvgIpc) is 2.64. The molecule has 32 heavy (non-hydrogen) atoms. The number of benzene rings is 2. The number of aromatic hydroxyl groups is 2. The maximum Gasteiger partial charge on any atom is 0.325 e. The van der Waals surface area contributed by atoms with Crippen molar-refractivity contribution in [1.82, 2.24) is 10.6 Å². The van der Waals surface area contributed by atoms with E-state index in [1.807, 2.05) is 0 Å². The molecule has 2 atom stereocenters. The van der Waals surface area contributed by atoms with Crippen LogP contribution in [0.25, 0.3) is 0 Å². The second-order valence-electron chi connectivity index (χ2n) is 9.21. The summed E-state index contributed by atoms with van der Waals surface area (Å²) >= 11 is 0. The second-order valence-corrected chi connectivity index (χ2v) is 9.21. The Morgan fingerprint density at radius 2 is 1.03 bits per heavy atom. The number of carbonyl (C=O) groups is 2. The Kier molecular flexibility index (Phi) is 7.22. The van der Waals surface area contributed by atoms with Crippen LogP contribution in [0.4, 0.5) is 0 Å². The first-order chi connectivity index (χ1) is 14.7. The minimum atomic E-state index is -1.23. The van der Waals surface area contributed by atoms with Gasteiger partial charge in [-0.3, -0.25) is 20.2 Å². The van der Waals surface area contributed by atoms with Crippen LogP contribution in [0.3, 0.4) is 0 Å². The van der Waals surface area contributed by atoms with Crippen molar-refractivity contribution in [2.75, 3.05) is 0 Å². The van der Waals surface area contributed by atoms with E-state index >= 15 is 0 Å². The molecule has 2 aromatic carbocycles. The normalized spacial score (nSPS) is 14.1. The highest BCUT2D eigenvalue weighted by Crippen LogP contribution is 2.33. The molecule has 0 heterocycles. The summed E-state index contributed by atoms with van der Waals surface area (Å²) in [6, 6.07) is 7.04. The summed E-state index contributed by atoms with van der Waals surface area (Å²) < 4.78 is 0. The smallest absolute Gasteiger partial charge is 0.325 e. The van der Waals surface area contributed by atoms with Crippen LogP contribution in [0.5, 0.6) is 11.5 Å². The second kappa shape index (κ2) is 9.18. The monoisotopic (exact) mass is 444 g/mol. The van der Waals surface area contributed by atoms with E-state index in [1.54, 1.807) is 65.8 Å². The zero-order valence-corrected chi connectivity index (χ0v) is 19.2. The average molecular weight is 445 g/mol. The van der Waals surface area contributed by atoms with Crippen molar-refractivity contribution in [2.24, 2.45) is 0 Å². The van der Waals surface area contributed by atoms with E-state index < -0.39 is 35.1 Å². The topological polar surface area (TPSA) is 139 Å². The zero-order valence-electron chi connectivity index (χ0n) is 19.2. The highest BCUT2D eigenvalue weighted by Gasteiger charge is 2.43. The van der Waals surface area contributed by atoms with Gasteiger partial charge in [-0.05, 0) is 64.8 Å². The third kappa shape index (κ3) is 5.38. The summed E-state index contributed by atoms with van der Waals surface area (Å²) in [5.41, 5.74) is 0.0524. The number of hydrogen-bond acceptors (Lipinski definition) is 6. The number of aliphatic carboxylic acids is 2. The van der Waals surface area contributed by atoms with Crippen LogP contribution in [0.1, 0.15) is 62.0 Å². The fraction of sp³-hybridized carbons (Fsp3) is 0.417. The maximum absolute atomic E-state index is 12.0. The molecule has 0 spiro atoms. The van der Waals surface area contributed by atoms with Crippen molar-refractivity contribution in [3.05, 3.63) is 58.7 Å². The van der Waals surface area contributed by atoms with Crippen LogP contribution in [-0.4, -0.2) is 43.4 Å². The Balaban J connectivity index is 2.38. The molecule has 2 rings (SSSR count). The number of phenolic OH excluding ortho intramolecular Hbond substituents is 2. The predicted octanol–water partition coefficient (Wildman–Crippen LogP) is 3.40. The molecule has 0 bridgehead atoms. The molecule has 0 aliphatic carbocycles. The van der Waals surface area contributed by atoms with Gasteiger partial charge in [0.2, 0.25) is 0 Å². The third-order valence-electron chi connectivity index (χ3n) is 6.06. The number of carboxylic acid groups (broad SMARTS) is 2. The summed E-state index contributed by atoms with van der Waals surface area (Å²) in [6.45, 7) is 10.6. The summed E-state index contributed by atoms with van der Waals surface area (Å²) in [5.74, 6) is -2.64. The van der Waals surface area contributed by atoms with Gasteiger partial charge in [0.1, 0.15) is 23.6 Å².